The zero-order valence-corrected chi connectivity index (χ0v) is 17.8. The highest BCUT2D eigenvalue weighted by atomic mass is 16.7. The zero-order chi connectivity index (χ0) is 21.4. The molecular formula is C26H26O5. The van der Waals surface area contributed by atoms with Gasteiger partial charge in [-0.25, -0.2) is 4.79 Å². The fourth-order valence-electron chi connectivity index (χ4n) is 6.72. The number of unbranched alkanes of at least 4 members (excludes halogenated alkanes) is 1. The number of ether oxygens (including phenoxy) is 3. The molecule has 2 saturated heterocycles. The Balaban J connectivity index is 1.56. The third-order valence-corrected chi connectivity index (χ3v) is 7.99. The Morgan fingerprint density at radius 2 is 1.68 bits per heavy atom. The maximum absolute atomic E-state index is 13.7. The molecule has 4 atom stereocenters. The lowest BCUT2D eigenvalue weighted by Crippen LogP contribution is -2.58. The van der Waals surface area contributed by atoms with E-state index in [-0.39, 0.29) is 30.0 Å². The Morgan fingerprint density at radius 1 is 1.06 bits per heavy atom. The van der Waals surface area contributed by atoms with Gasteiger partial charge in [-0.15, -0.1) is 0 Å². The van der Waals surface area contributed by atoms with Crippen molar-refractivity contribution in [1.82, 2.24) is 0 Å². The van der Waals surface area contributed by atoms with Crippen molar-refractivity contribution in [2.24, 2.45) is 5.41 Å². The van der Waals surface area contributed by atoms with Crippen molar-refractivity contribution >= 4 is 11.9 Å². The first-order valence-electron chi connectivity index (χ1n) is 11.2. The first-order chi connectivity index (χ1) is 15.1. The maximum Gasteiger partial charge on any atom is 0.342 e. The van der Waals surface area contributed by atoms with Gasteiger partial charge in [0, 0.05) is 11.8 Å². The second-order valence-electron chi connectivity index (χ2n) is 9.27. The molecule has 0 spiro atoms. The smallest absolute Gasteiger partial charge is 0.342 e. The van der Waals surface area contributed by atoms with Gasteiger partial charge in [0.25, 0.3) is 0 Å². The third-order valence-electron chi connectivity index (χ3n) is 7.99. The summed E-state index contributed by atoms with van der Waals surface area (Å²) in [4.78, 5) is 27.1. The van der Waals surface area contributed by atoms with E-state index in [0.717, 1.165) is 30.4 Å². The zero-order valence-electron chi connectivity index (χ0n) is 17.8. The summed E-state index contributed by atoms with van der Waals surface area (Å²) in [5.74, 6) is -1.06. The Kier molecular flexibility index (Phi) is 3.95. The molecule has 0 radical (unpaired) electrons. The molecule has 5 heteroatoms. The number of fused-ring (bicyclic) bond motifs is 3. The lowest BCUT2D eigenvalue weighted by molar-refractivity contribution is -0.174. The van der Waals surface area contributed by atoms with E-state index in [1.54, 1.807) is 0 Å². The molecule has 2 bridgehead atoms. The van der Waals surface area contributed by atoms with E-state index in [2.05, 4.69) is 31.2 Å². The summed E-state index contributed by atoms with van der Waals surface area (Å²) in [6.45, 7) is 2.11. The number of epoxide rings is 1. The Bertz CT molecular complexity index is 1050. The van der Waals surface area contributed by atoms with Crippen LogP contribution in [0.3, 0.4) is 0 Å². The molecule has 2 aromatic carbocycles. The average molecular weight is 418 g/mol. The predicted octanol–water partition coefficient (Wildman–Crippen LogP) is 4.08. The predicted molar refractivity (Wildman–Crippen MR) is 113 cm³/mol. The molecule has 2 aliphatic heterocycles. The van der Waals surface area contributed by atoms with Crippen molar-refractivity contribution in [2.75, 3.05) is 7.11 Å². The quantitative estimate of drug-likeness (QED) is 0.541. The number of carbonyl (C=O) groups is 2. The Morgan fingerprint density at radius 3 is 2.23 bits per heavy atom. The summed E-state index contributed by atoms with van der Waals surface area (Å²) < 4.78 is 17.5. The van der Waals surface area contributed by atoms with Crippen LogP contribution in [-0.2, 0) is 23.8 Å². The van der Waals surface area contributed by atoms with Gasteiger partial charge in [-0.3, -0.25) is 4.79 Å². The number of hydrogen-bond acceptors (Lipinski definition) is 5. The summed E-state index contributed by atoms with van der Waals surface area (Å²) in [7, 11) is 1.41. The summed E-state index contributed by atoms with van der Waals surface area (Å²) in [6.07, 6.45) is 2.54. The van der Waals surface area contributed by atoms with Crippen LogP contribution in [0, 0.1) is 5.41 Å². The molecule has 2 heterocycles. The molecule has 2 fully saturated rings. The van der Waals surface area contributed by atoms with Gasteiger partial charge in [-0.2, -0.15) is 0 Å². The van der Waals surface area contributed by atoms with E-state index >= 15 is 0 Å². The molecule has 0 unspecified atom stereocenters. The van der Waals surface area contributed by atoms with Crippen molar-refractivity contribution in [3.05, 3.63) is 70.8 Å². The molecule has 5 nitrogen and oxygen atoms in total. The molecule has 0 saturated carbocycles. The number of rotatable bonds is 5. The molecule has 31 heavy (non-hydrogen) atoms. The maximum atomic E-state index is 13.7. The highest BCUT2D eigenvalue weighted by Gasteiger charge is 2.86. The fraction of sp³-hybridized carbons (Fsp3) is 0.462. The first kappa shape index (κ1) is 19.1. The van der Waals surface area contributed by atoms with Gasteiger partial charge >= 0.3 is 11.9 Å². The summed E-state index contributed by atoms with van der Waals surface area (Å²) in [5.41, 5.74) is 2.26. The van der Waals surface area contributed by atoms with Gasteiger partial charge in [0.05, 0.1) is 7.11 Å². The SMILES string of the molecule is CCCC[C@@H]1OC(=O)[C@]2([C@@]3(C(=O)OC)CC4c5ccccc5C3c3ccccc34)O[C@H]12. The van der Waals surface area contributed by atoms with Gasteiger partial charge in [-0.05, 0) is 41.5 Å². The van der Waals surface area contributed by atoms with Gasteiger partial charge < -0.3 is 14.2 Å². The second kappa shape index (κ2) is 6.42. The highest BCUT2D eigenvalue weighted by Crippen LogP contribution is 2.72. The Labute approximate surface area is 181 Å². The molecule has 2 aromatic rings. The summed E-state index contributed by atoms with van der Waals surface area (Å²) in [5, 5.41) is 0. The largest absolute Gasteiger partial charge is 0.468 e. The fourth-order valence-corrected chi connectivity index (χ4v) is 6.72. The van der Waals surface area contributed by atoms with Crippen LogP contribution in [0.4, 0.5) is 0 Å². The van der Waals surface area contributed by atoms with Crippen LogP contribution in [-0.4, -0.2) is 36.9 Å². The third kappa shape index (κ3) is 2.15. The standard InChI is InChI=1S/C26H26O5/c1-3-4-13-20-22-26(31-22,24(28)30-20)25(23(27)29-2)14-19-15-9-5-7-11-17(15)21(25)18-12-8-6-10-16(18)19/h5-12,19-22H,3-4,13-14H2,1-2H3/t19?,20-,21?,22+,25-,26+/m0/s1. The highest BCUT2D eigenvalue weighted by molar-refractivity contribution is 5.98. The van der Waals surface area contributed by atoms with Crippen molar-refractivity contribution < 1.29 is 23.8 Å². The summed E-state index contributed by atoms with van der Waals surface area (Å²) >= 11 is 0. The van der Waals surface area contributed by atoms with Crippen molar-refractivity contribution in [3.63, 3.8) is 0 Å². The second-order valence-corrected chi connectivity index (χ2v) is 9.27. The molecule has 160 valence electrons. The lowest BCUT2D eigenvalue weighted by Gasteiger charge is -2.52. The number of carbonyl (C=O) groups excluding carboxylic acids is 2. The van der Waals surface area contributed by atoms with E-state index in [1.165, 1.54) is 18.2 Å². The van der Waals surface area contributed by atoms with Gasteiger partial charge in [0.2, 0.25) is 5.60 Å². The van der Waals surface area contributed by atoms with E-state index in [1.807, 2.05) is 24.3 Å². The monoisotopic (exact) mass is 418 g/mol. The number of methoxy groups -OCH3 is 1. The van der Waals surface area contributed by atoms with E-state index < -0.39 is 17.0 Å². The van der Waals surface area contributed by atoms with Crippen molar-refractivity contribution in [2.45, 2.75) is 62.3 Å². The van der Waals surface area contributed by atoms with Crippen LogP contribution in [0.5, 0.6) is 0 Å². The minimum Gasteiger partial charge on any atom is -0.468 e. The van der Waals surface area contributed by atoms with E-state index in [4.69, 9.17) is 14.2 Å². The van der Waals surface area contributed by atoms with Crippen LogP contribution in [0.25, 0.3) is 0 Å². The molecule has 0 amide bonds. The molecular weight excluding hydrogens is 392 g/mol. The number of cyclic esters (lactones) is 1. The van der Waals surface area contributed by atoms with Crippen LogP contribution < -0.4 is 0 Å². The number of hydrogen-bond donors (Lipinski definition) is 0. The first-order valence-corrected chi connectivity index (χ1v) is 11.2. The number of benzene rings is 2. The summed E-state index contributed by atoms with van der Waals surface area (Å²) in [6, 6.07) is 16.6. The van der Waals surface area contributed by atoms with Gasteiger partial charge in [0.15, 0.2) is 0 Å². The van der Waals surface area contributed by atoms with E-state index in [9.17, 15) is 9.59 Å². The molecule has 5 aliphatic rings. The topological polar surface area (TPSA) is 65.1 Å². The van der Waals surface area contributed by atoms with Crippen LogP contribution in [0.2, 0.25) is 0 Å². The number of esters is 2. The average Bonchev–Trinajstić information content (AvgIpc) is 3.52. The van der Waals surface area contributed by atoms with Gasteiger partial charge in [-0.1, -0.05) is 61.9 Å². The molecule has 3 aliphatic carbocycles. The normalized spacial score (nSPS) is 36.3. The van der Waals surface area contributed by atoms with Crippen LogP contribution in [0.1, 0.15) is 66.7 Å². The minimum absolute atomic E-state index is 0.0122. The molecule has 7 rings (SSSR count). The van der Waals surface area contributed by atoms with Crippen molar-refractivity contribution in [1.29, 1.82) is 0 Å². The van der Waals surface area contributed by atoms with Crippen molar-refractivity contribution in [3.8, 4) is 0 Å². The lowest BCUT2D eigenvalue weighted by atomic mass is 9.47. The van der Waals surface area contributed by atoms with Crippen LogP contribution in [0.15, 0.2) is 48.5 Å². The van der Waals surface area contributed by atoms with Crippen LogP contribution >= 0.6 is 0 Å². The molecule has 0 aromatic heterocycles. The van der Waals surface area contributed by atoms with Gasteiger partial charge in [0.1, 0.15) is 17.6 Å². The minimum atomic E-state index is -1.26. The Hall–Kier alpha value is -2.66. The van der Waals surface area contributed by atoms with E-state index in [0.29, 0.717) is 6.42 Å². The molecule has 0 N–H and O–H groups in total.